The van der Waals surface area contributed by atoms with Gasteiger partial charge in [-0.2, -0.15) is 0 Å². The number of non-ortho nitro benzene ring substituents is 1. The Kier molecular flexibility index (Phi) is 8.86. The lowest BCUT2D eigenvalue weighted by Crippen LogP contribution is -2.49. The number of alkyl carbamates (subject to hydrolysis) is 1. The van der Waals surface area contributed by atoms with Gasteiger partial charge in [0.05, 0.1) is 4.92 Å². The third kappa shape index (κ3) is 7.81. The molecule has 0 saturated carbocycles. The van der Waals surface area contributed by atoms with Crippen molar-refractivity contribution in [1.29, 1.82) is 0 Å². The molecule has 11 heteroatoms. The van der Waals surface area contributed by atoms with Gasteiger partial charge in [0.1, 0.15) is 24.1 Å². The lowest BCUT2D eigenvalue weighted by Gasteiger charge is -2.22. The van der Waals surface area contributed by atoms with Crippen LogP contribution in [0, 0.1) is 10.1 Å². The SMILES string of the molecule is CC(C)(C)OC(=O)CC[C@H](NC(=O)OCC1c2ccccc2-c2ccccc21)NC(=O)Oc1ccc([N+](=O)[O-])cc1. The molecule has 0 aromatic heterocycles. The molecule has 4 rings (SSSR count). The van der Waals surface area contributed by atoms with Crippen molar-refractivity contribution in [3.05, 3.63) is 94.0 Å². The van der Waals surface area contributed by atoms with E-state index in [4.69, 9.17) is 14.2 Å². The summed E-state index contributed by atoms with van der Waals surface area (Å²) in [6.45, 7) is 5.26. The van der Waals surface area contributed by atoms with Crippen molar-refractivity contribution >= 4 is 23.8 Å². The summed E-state index contributed by atoms with van der Waals surface area (Å²) < 4.78 is 16.1. The predicted molar refractivity (Wildman–Crippen MR) is 149 cm³/mol. The summed E-state index contributed by atoms with van der Waals surface area (Å²) in [5, 5.41) is 15.9. The van der Waals surface area contributed by atoms with Crippen LogP contribution in [0.15, 0.2) is 72.8 Å². The molecule has 1 aliphatic carbocycles. The Morgan fingerprint density at radius 2 is 1.44 bits per heavy atom. The fourth-order valence-electron chi connectivity index (χ4n) is 4.53. The molecule has 41 heavy (non-hydrogen) atoms. The highest BCUT2D eigenvalue weighted by molar-refractivity contribution is 5.79. The maximum atomic E-state index is 12.8. The summed E-state index contributed by atoms with van der Waals surface area (Å²) >= 11 is 0. The molecule has 1 atom stereocenters. The van der Waals surface area contributed by atoms with Gasteiger partial charge in [0, 0.05) is 24.5 Å². The van der Waals surface area contributed by atoms with Crippen LogP contribution >= 0.6 is 0 Å². The van der Waals surface area contributed by atoms with E-state index in [1.807, 2.05) is 48.5 Å². The van der Waals surface area contributed by atoms with Crippen LogP contribution in [0.5, 0.6) is 5.75 Å². The van der Waals surface area contributed by atoms with Crippen LogP contribution in [0.1, 0.15) is 50.7 Å². The van der Waals surface area contributed by atoms with Gasteiger partial charge >= 0.3 is 18.2 Å². The lowest BCUT2D eigenvalue weighted by atomic mass is 9.98. The second-order valence-corrected chi connectivity index (χ2v) is 10.4. The van der Waals surface area contributed by atoms with Gasteiger partial charge in [-0.05, 0) is 61.6 Å². The van der Waals surface area contributed by atoms with Gasteiger partial charge in [-0.15, -0.1) is 0 Å². The molecule has 1 aliphatic rings. The Bertz CT molecular complexity index is 1390. The molecule has 0 unspecified atom stereocenters. The van der Waals surface area contributed by atoms with Gasteiger partial charge in [-0.3, -0.25) is 14.9 Å². The Balaban J connectivity index is 1.39. The van der Waals surface area contributed by atoms with Crippen molar-refractivity contribution in [2.45, 2.75) is 51.3 Å². The molecule has 214 valence electrons. The standard InChI is InChI=1S/C30H31N3O8/c1-30(2,3)41-27(34)17-16-26(32-29(36)40-20-14-12-19(13-15-20)33(37)38)31-28(35)39-18-25-23-10-6-4-8-21(23)22-9-5-7-11-24(22)25/h4-15,25-26H,16-18H2,1-3H3,(H,31,35)(H,32,36)/t26-/m1/s1. The Morgan fingerprint density at radius 3 is 2.00 bits per heavy atom. The predicted octanol–water partition coefficient (Wildman–Crippen LogP) is 5.67. The summed E-state index contributed by atoms with van der Waals surface area (Å²) in [6.07, 6.45) is -2.88. The Morgan fingerprint density at radius 1 is 0.878 bits per heavy atom. The second kappa shape index (κ2) is 12.5. The number of nitro benzene ring substituents is 1. The molecule has 0 bridgehead atoms. The van der Waals surface area contributed by atoms with E-state index in [-0.39, 0.29) is 36.8 Å². The third-order valence-corrected chi connectivity index (χ3v) is 6.24. The van der Waals surface area contributed by atoms with E-state index >= 15 is 0 Å². The number of amides is 2. The van der Waals surface area contributed by atoms with Crippen LogP contribution in [0.3, 0.4) is 0 Å². The lowest BCUT2D eigenvalue weighted by molar-refractivity contribution is -0.384. The Hall–Kier alpha value is -4.93. The average Bonchev–Trinajstić information content (AvgIpc) is 3.23. The minimum Gasteiger partial charge on any atom is -0.460 e. The maximum Gasteiger partial charge on any atom is 0.414 e. The zero-order valence-corrected chi connectivity index (χ0v) is 22.9. The number of benzene rings is 3. The molecule has 3 aromatic rings. The summed E-state index contributed by atoms with van der Waals surface area (Å²) in [5.74, 6) is -0.615. The zero-order valence-electron chi connectivity index (χ0n) is 22.9. The highest BCUT2D eigenvalue weighted by atomic mass is 16.6. The average molecular weight is 562 g/mol. The molecule has 3 aromatic carbocycles. The molecule has 0 saturated heterocycles. The highest BCUT2D eigenvalue weighted by Crippen LogP contribution is 2.44. The molecule has 2 N–H and O–H groups in total. The van der Waals surface area contributed by atoms with E-state index in [2.05, 4.69) is 10.6 Å². The van der Waals surface area contributed by atoms with E-state index in [1.165, 1.54) is 24.3 Å². The fourth-order valence-corrected chi connectivity index (χ4v) is 4.53. The van der Waals surface area contributed by atoms with E-state index in [0.717, 1.165) is 22.3 Å². The van der Waals surface area contributed by atoms with Crippen LogP contribution in [0.2, 0.25) is 0 Å². The molecule has 0 spiro atoms. The smallest absolute Gasteiger partial charge is 0.414 e. The van der Waals surface area contributed by atoms with E-state index < -0.39 is 34.8 Å². The van der Waals surface area contributed by atoms with Crippen molar-refractivity contribution in [3.8, 4) is 16.9 Å². The molecule has 2 amide bonds. The minimum atomic E-state index is -1.04. The third-order valence-electron chi connectivity index (χ3n) is 6.24. The number of carbonyl (C=O) groups is 3. The van der Waals surface area contributed by atoms with Gasteiger partial charge in [0.2, 0.25) is 0 Å². The first-order chi connectivity index (χ1) is 19.5. The van der Waals surface area contributed by atoms with Crippen molar-refractivity contribution in [3.63, 3.8) is 0 Å². The van der Waals surface area contributed by atoms with Crippen LogP contribution < -0.4 is 15.4 Å². The topological polar surface area (TPSA) is 146 Å². The first-order valence-corrected chi connectivity index (χ1v) is 13.1. The van der Waals surface area contributed by atoms with Gasteiger partial charge in [-0.25, -0.2) is 9.59 Å². The fraction of sp³-hybridized carbons (Fsp3) is 0.300. The Labute approximate surface area is 236 Å². The minimum absolute atomic E-state index is 0.00549. The van der Waals surface area contributed by atoms with Crippen LogP contribution in [-0.2, 0) is 14.3 Å². The van der Waals surface area contributed by atoms with Crippen LogP contribution in [0.25, 0.3) is 11.1 Å². The number of hydrogen-bond acceptors (Lipinski definition) is 8. The summed E-state index contributed by atoms with van der Waals surface area (Å²) in [7, 11) is 0. The molecule has 0 aliphatic heterocycles. The first kappa shape index (κ1) is 29.1. The second-order valence-electron chi connectivity index (χ2n) is 10.4. The first-order valence-electron chi connectivity index (χ1n) is 13.1. The van der Waals surface area contributed by atoms with E-state index in [9.17, 15) is 24.5 Å². The van der Waals surface area contributed by atoms with Crippen molar-refractivity contribution < 1.29 is 33.5 Å². The summed E-state index contributed by atoms with van der Waals surface area (Å²) in [6, 6.07) is 20.8. The maximum absolute atomic E-state index is 12.8. The quantitative estimate of drug-likeness (QED) is 0.147. The van der Waals surface area contributed by atoms with Crippen LogP contribution in [-0.4, -0.2) is 41.5 Å². The van der Waals surface area contributed by atoms with Gasteiger partial charge in [0.25, 0.3) is 5.69 Å². The zero-order chi connectivity index (χ0) is 29.6. The molecule has 0 heterocycles. The van der Waals surface area contributed by atoms with Gasteiger partial charge in [-0.1, -0.05) is 48.5 Å². The monoisotopic (exact) mass is 561 g/mol. The number of nitrogens with one attached hydrogen (secondary N) is 2. The normalized spacial score (nSPS) is 12.9. The molecular formula is C30H31N3O8. The number of nitrogens with zero attached hydrogens (tertiary/aromatic N) is 1. The molecule has 11 nitrogen and oxygen atoms in total. The number of rotatable bonds is 9. The molecular weight excluding hydrogens is 530 g/mol. The van der Waals surface area contributed by atoms with Gasteiger partial charge < -0.3 is 24.8 Å². The van der Waals surface area contributed by atoms with Crippen molar-refractivity contribution in [2.75, 3.05) is 6.61 Å². The van der Waals surface area contributed by atoms with E-state index in [0.29, 0.717) is 0 Å². The van der Waals surface area contributed by atoms with Crippen molar-refractivity contribution in [1.82, 2.24) is 10.6 Å². The summed E-state index contributed by atoms with van der Waals surface area (Å²) in [5.41, 5.74) is 3.41. The van der Waals surface area contributed by atoms with Crippen molar-refractivity contribution in [2.24, 2.45) is 0 Å². The highest BCUT2D eigenvalue weighted by Gasteiger charge is 2.29. The van der Waals surface area contributed by atoms with Gasteiger partial charge in [0.15, 0.2) is 0 Å². The number of hydrogen-bond donors (Lipinski definition) is 2. The number of nitro groups is 1. The number of carbonyl (C=O) groups excluding carboxylic acids is 3. The number of esters is 1. The summed E-state index contributed by atoms with van der Waals surface area (Å²) in [4.78, 5) is 48.0. The molecule has 0 fully saturated rings. The number of fused-ring (bicyclic) bond motifs is 3. The van der Waals surface area contributed by atoms with E-state index in [1.54, 1.807) is 20.8 Å². The number of ether oxygens (including phenoxy) is 3. The van der Waals surface area contributed by atoms with Crippen LogP contribution in [0.4, 0.5) is 15.3 Å². The largest absolute Gasteiger partial charge is 0.460 e. The molecule has 0 radical (unpaired) electrons.